The maximum atomic E-state index is 11.3. The molecule has 0 bridgehead atoms. The highest BCUT2D eigenvalue weighted by Gasteiger charge is 2.27. The number of nitrogens with zero attached hydrogens (tertiary/aromatic N) is 1. The van der Waals surface area contributed by atoms with Gasteiger partial charge < -0.3 is 9.64 Å². The summed E-state index contributed by atoms with van der Waals surface area (Å²) in [4.78, 5) is 13.8. The molecule has 3 nitrogen and oxygen atoms in total. The standard InChI is InChI=1S/C12H21NO2/c1-15-12(14)11-5-8-13(9-6-11)7-4-10-2-3-10/h10-11H,2-9H2,1H3. The topological polar surface area (TPSA) is 29.5 Å². The predicted molar refractivity (Wildman–Crippen MR) is 58.5 cm³/mol. The Labute approximate surface area is 91.8 Å². The summed E-state index contributed by atoms with van der Waals surface area (Å²) in [5.41, 5.74) is 0. The third kappa shape index (κ3) is 3.20. The number of carbonyl (C=O) groups excluding carboxylic acids is 1. The van der Waals surface area contributed by atoms with Gasteiger partial charge in [0.25, 0.3) is 0 Å². The van der Waals surface area contributed by atoms with Crippen molar-refractivity contribution in [3.63, 3.8) is 0 Å². The number of hydrogen-bond donors (Lipinski definition) is 0. The summed E-state index contributed by atoms with van der Waals surface area (Å²) in [6.07, 6.45) is 6.22. The molecule has 1 heterocycles. The van der Waals surface area contributed by atoms with Crippen LogP contribution in [-0.2, 0) is 9.53 Å². The molecule has 2 fully saturated rings. The van der Waals surface area contributed by atoms with Gasteiger partial charge in [-0.1, -0.05) is 12.8 Å². The Bertz CT molecular complexity index is 218. The summed E-state index contributed by atoms with van der Waals surface area (Å²) < 4.78 is 4.78. The zero-order valence-corrected chi connectivity index (χ0v) is 9.58. The molecule has 0 N–H and O–H groups in total. The third-order valence-corrected chi connectivity index (χ3v) is 3.67. The van der Waals surface area contributed by atoms with Crippen molar-refractivity contribution in [2.75, 3.05) is 26.7 Å². The first-order chi connectivity index (χ1) is 7.29. The summed E-state index contributed by atoms with van der Waals surface area (Å²) in [6, 6.07) is 0. The molecule has 1 aliphatic heterocycles. The number of carbonyl (C=O) groups is 1. The molecule has 15 heavy (non-hydrogen) atoms. The smallest absolute Gasteiger partial charge is 0.308 e. The molecule has 2 rings (SSSR count). The summed E-state index contributed by atoms with van der Waals surface area (Å²) in [7, 11) is 1.49. The van der Waals surface area contributed by atoms with Gasteiger partial charge in [0.1, 0.15) is 0 Å². The lowest BCUT2D eigenvalue weighted by molar-refractivity contribution is -0.147. The van der Waals surface area contributed by atoms with Crippen molar-refractivity contribution >= 4 is 5.97 Å². The molecule has 1 saturated carbocycles. The number of likely N-dealkylation sites (tertiary alicyclic amines) is 1. The molecule has 0 atom stereocenters. The number of hydrogen-bond acceptors (Lipinski definition) is 3. The van der Waals surface area contributed by atoms with E-state index >= 15 is 0 Å². The Morgan fingerprint density at radius 1 is 1.27 bits per heavy atom. The Balaban J connectivity index is 1.64. The molecular weight excluding hydrogens is 190 g/mol. The predicted octanol–water partition coefficient (Wildman–Crippen LogP) is 1.67. The van der Waals surface area contributed by atoms with Crippen LogP contribution in [-0.4, -0.2) is 37.6 Å². The highest BCUT2D eigenvalue weighted by atomic mass is 16.5. The molecule has 1 aliphatic carbocycles. The van der Waals surface area contributed by atoms with E-state index in [4.69, 9.17) is 4.74 Å². The van der Waals surface area contributed by atoms with Crippen LogP contribution in [0.2, 0.25) is 0 Å². The van der Waals surface area contributed by atoms with Crippen LogP contribution in [0.25, 0.3) is 0 Å². The molecule has 2 aliphatic rings. The van der Waals surface area contributed by atoms with Crippen LogP contribution in [0.1, 0.15) is 32.1 Å². The van der Waals surface area contributed by atoms with E-state index in [-0.39, 0.29) is 11.9 Å². The third-order valence-electron chi connectivity index (χ3n) is 3.67. The fourth-order valence-corrected chi connectivity index (χ4v) is 2.33. The minimum Gasteiger partial charge on any atom is -0.469 e. The summed E-state index contributed by atoms with van der Waals surface area (Å²) in [5.74, 6) is 1.16. The fourth-order valence-electron chi connectivity index (χ4n) is 2.33. The molecule has 1 saturated heterocycles. The molecule has 0 amide bonds. The lowest BCUT2D eigenvalue weighted by Crippen LogP contribution is -2.37. The maximum Gasteiger partial charge on any atom is 0.308 e. The van der Waals surface area contributed by atoms with Gasteiger partial charge in [-0.05, 0) is 44.8 Å². The van der Waals surface area contributed by atoms with Gasteiger partial charge in [-0.25, -0.2) is 0 Å². The first kappa shape index (κ1) is 10.9. The van der Waals surface area contributed by atoms with E-state index in [1.165, 1.54) is 32.9 Å². The van der Waals surface area contributed by atoms with Crippen molar-refractivity contribution in [2.24, 2.45) is 11.8 Å². The lowest BCUT2D eigenvalue weighted by atomic mass is 9.97. The van der Waals surface area contributed by atoms with Gasteiger partial charge in [-0.2, -0.15) is 0 Å². The molecule has 0 aromatic heterocycles. The van der Waals surface area contributed by atoms with E-state index in [1.54, 1.807) is 0 Å². The number of ether oxygens (including phenoxy) is 1. The fraction of sp³-hybridized carbons (Fsp3) is 0.917. The monoisotopic (exact) mass is 211 g/mol. The normalized spacial score (nSPS) is 24.1. The second-order valence-corrected chi connectivity index (χ2v) is 4.87. The van der Waals surface area contributed by atoms with E-state index in [2.05, 4.69) is 4.90 Å². The molecule has 0 aromatic carbocycles. The van der Waals surface area contributed by atoms with E-state index in [0.717, 1.165) is 31.8 Å². The van der Waals surface area contributed by atoms with Crippen molar-refractivity contribution in [1.82, 2.24) is 4.90 Å². The van der Waals surface area contributed by atoms with Crippen LogP contribution in [0.5, 0.6) is 0 Å². The first-order valence-corrected chi connectivity index (χ1v) is 6.10. The van der Waals surface area contributed by atoms with Gasteiger partial charge in [-0.3, -0.25) is 4.79 Å². The minimum absolute atomic E-state index is 0.0168. The van der Waals surface area contributed by atoms with Crippen LogP contribution in [0, 0.1) is 11.8 Å². The average molecular weight is 211 g/mol. The number of piperidine rings is 1. The summed E-state index contributed by atoms with van der Waals surface area (Å²) >= 11 is 0. The second-order valence-electron chi connectivity index (χ2n) is 4.87. The second kappa shape index (κ2) is 4.97. The molecular formula is C12H21NO2. The van der Waals surface area contributed by atoms with Gasteiger partial charge in [0.15, 0.2) is 0 Å². The number of methoxy groups -OCH3 is 1. The first-order valence-electron chi connectivity index (χ1n) is 6.10. The van der Waals surface area contributed by atoms with Crippen LogP contribution in [0.4, 0.5) is 0 Å². The van der Waals surface area contributed by atoms with Crippen molar-refractivity contribution < 1.29 is 9.53 Å². The zero-order valence-electron chi connectivity index (χ0n) is 9.58. The Morgan fingerprint density at radius 3 is 2.47 bits per heavy atom. The summed E-state index contributed by atoms with van der Waals surface area (Å²) in [5, 5.41) is 0. The van der Waals surface area contributed by atoms with Crippen LogP contribution < -0.4 is 0 Å². The van der Waals surface area contributed by atoms with Gasteiger partial charge in [0.05, 0.1) is 13.0 Å². The number of rotatable bonds is 4. The summed E-state index contributed by atoms with van der Waals surface area (Å²) in [6.45, 7) is 3.39. The molecule has 0 unspecified atom stereocenters. The zero-order chi connectivity index (χ0) is 10.7. The quantitative estimate of drug-likeness (QED) is 0.662. The molecule has 0 radical (unpaired) electrons. The lowest BCUT2D eigenvalue weighted by Gasteiger charge is -2.30. The highest BCUT2D eigenvalue weighted by Crippen LogP contribution is 2.32. The Morgan fingerprint density at radius 2 is 1.93 bits per heavy atom. The van der Waals surface area contributed by atoms with E-state index in [0.29, 0.717) is 0 Å². The Kier molecular flexibility index (Phi) is 3.62. The minimum atomic E-state index is -0.0168. The van der Waals surface area contributed by atoms with Crippen LogP contribution >= 0.6 is 0 Å². The van der Waals surface area contributed by atoms with Gasteiger partial charge in [0, 0.05) is 0 Å². The molecule has 0 spiro atoms. The van der Waals surface area contributed by atoms with Crippen LogP contribution in [0.3, 0.4) is 0 Å². The van der Waals surface area contributed by atoms with E-state index < -0.39 is 0 Å². The van der Waals surface area contributed by atoms with Crippen LogP contribution in [0.15, 0.2) is 0 Å². The number of esters is 1. The molecule has 86 valence electrons. The average Bonchev–Trinajstić information content (AvgIpc) is 3.10. The maximum absolute atomic E-state index is 11.3. The molecule has 0 aromatic rings. The van der Waals surface area contributed by atoms with Crippen molar-refractivity contribution in [1.29, 1.82) is 0 Å². The van der Waals surface area contributed by atoms with Gasteiger partial charge >= 0.3 is 5.97 Å². The Hall–Kier alpha value is -0.570. The van der Waals surface area contributed by atoms with E-state index in [9.17, 15) is 4.79 Å². The van der Waals surface area contributed by atoms with Gasteiger partial charge in [-0.15, -0.1) is 0 Å². The largest absolute Gasteiger partial charge is 0.469 e. The van der Waals surface area contributed by atoms with Crippen molar-refractivity contribution in [2.45, 2.75) is 32.1 Å². The van der Waals surface area contributed by atoms with Crippen molar-refractivity contribution in [3.8, 4) is 0 Å². The SMILES string of the molecule is COC(=O)C1CCN(CCC2CC2)CC1. The molecule has 3 heteroatoms. The van der Waals surface area contributed by atoms with E-state index in [1.807, 2.05) is 0 Å². The van der Waals surface area contributed by atoms with Crippen molar-refractivity contribution in [3.05, 3.63) is 0 Å². The van der Waals surface area contributed by atoms with Gasteiger partial charge in [0.2, 0.25) is 0 Å². The highest BCUT2D eigenvalue weighted by molar-refractivity contribution is 5.72.